The monoisotopic (exact) mass is 279 g/mol. The third-order valence-electron chi connectivity index (χ3n) is 3.32. The van der Waals surface area contributed by atoms with Crippen molar-refractivity contribution in [1.82, 2.24) is 0 Å². The highest BCUT2D eigenvalue weighted by atomic mass is 16.5. The van der Waals surface area contributed by atoms with Gasteiger partial charge in [0.05, 0.1) is 5.60 Å². The summed E-state index contributed by atoms with van der Waals surface area (Å²) < 4.78 is 5.59. The largest absolute Gasteiger partial charge is 0.352 e. The number of hydrogen-bond acceptors (Lipinski definition) is 7. The number of rotatable bonds is 5. The predicted molar refractivity (Wildman–Crippen MR) is 69.1 cm³/mol. The summed E-state index contributed by atoms with van der Waals surface area (Å²) in [7, 11) is 0. The minimum atomic E-state index is -1.22. The van der Waals surface area contributed by atoms with Crippen molar-refractivity contribution in [3.05, 3.63) is 0 Å². The molecule has 0 saturated heterocycles. The fraction of sp³-hybridized carbons (Fsp3) is 0.769. The summed E-state index contributed by atoms with van der Waals surface area (Å²) in [6, 6.07) is 0. The maximum atomic E-state index is 10.6. The predicted octanol–water partition coefficient (Wildman–Crippen LogP) is 1.63. The number of nitrogens with zero attached hydrogens (tertiary/aromatic N) is 3. The Labute approximate surface area is 116 Å². The Hall–Kier alpha value is -1.90. The highest BCUT2D eigenvalue weighted by Crippen LogP contribution is 2.49. The molecule has 1 saturated carbocycles. The summed E-state index contributed by atoms with van der Waals surface area (Å²) in [5, 5.41) is 0. The van der Waals surface area contributed by atoms with Gasteiger partial charge in [0.1, 0.15) is 0 Å². The van der Waals surface area contributed by atoms with Crippen LogP contribution in [0.4, 0.5) is 0 Å². The molecular weight excluding hydrogens is 262 g/mol. The number of aliphatic imine (C=N–C) groups is 3. The lowest BCUT2D eigenvalue weighted by Gasteiger charge is -2.47. The zero-order valence-electron chi connectivity index (χ0n) is 11.8. The number of ether oxygens (including phenoxy) is 1. The van der Waals surface area contributed by atoms with E-state index in [0.717, 1.165) is 0 Å². The standard InChI is InChI=1S/C13H17N3O4/c1-11(2)4-12(3,20-10-14-7-17)6-13(5-11,15-8-18)16-9-19/h4-6,10H2,1-3H3. The Balaban J connectivity index is 3.13. The molecular formula is C13H17N3O4. The molecule has 0 spiro atoms. The zero-order valence-corrected chi connectivity index (χ0v) is 11.8. The first-order valence-electron chi connectivity index (χ1n) is 6.16. The molecule has 1 atom stereocenters. The van der Waals surface area contributed by atoms with Crippen molar-refractivity contribution < 1.29 is 19.1 Å². The molecule has 7 heteroatoms. The van der Waals surface area contributed by atoms with Gasteiger partial charge in [-0.15, -0.1) is 0 Å². The average Bonchev–Trinajstić information content (AvgIpc) is 2.26. The molecule has 20 heavy (non-hydrogen) atoms. The van der Waals surface area contributed by atoms with Gasteiger partial charge in [-0.3, -0.25) is 0 Å². The molecule has 7 nitrogen and oxygen atoms in total. The van der Waals surface area contributed by atoms with E-state index in [2.05, 4.69) is 15.0 Å². The minimum Gasteiger partial charge on any atom is -0.352 e. The van der Waals surface area contributed by atoms with Gasteiger partial charge in [-0.1, -0.05) is 13.8 Å². The summed E-state index contributed by atoms with van der Waals surface area (Å²) in [4.78, 5) is 42.1. The number of hydrogen-bond donors (Lipinski definition) is 0. The fourth-order valence-electron chi connectivity index (χ4n) is 3.23. The van der Waals surface area contributed by atoms with Crippen LogP contribution in [0.25, 0.3) is 0 Å². The molecule has 0 aliphatic heterocycles. The lowest BCUT2D eigenvalue weighted by Crippen LogP contribution is -2.50. The molecule has 1 rings (SSSR count). The van der Waals surface area contributed by atoms with Crippen LogP contribution in [0.3, 0.4) is 0 Å². The van der Waals surface area contributed by atoms with E-state index < -0.39 is 11.3 Å². The first kappa shape index (κ1) is 16.2. The molecule has 1 unspecified atom stereocenters. The zero-order chi connectivity index (χ0) is 15.3. The highest BCUT2D eigenvalue weighted by Gasteiger charge is 2.51. The van der Waals surface area contributed by atoms with Crippen LogP contribution in [0.15, 0.2) is 15.0 Å². The van der Waals surface area contributed by atoms with Gasteiger partial charge in [-0.05, 0) is 25.2 Å². The first-order valence-corrected chi connectivity index (χ1v) is 6.16. The highest BCUT2D eigenvalue weighted by molar-refractivity contribution is 5.39. The summed E-state index contributed by atoms with van der Waals surface area (Å²) in [5.41, 5.74) is -2.20. The van der Waals surface area contributed by atoms with Crippen molar-refractivity contribution in [2.75, 3.05) is 6.73 Å². The van der Waals surface area contributed by atoms with Crippen LogP contribution in [0.1, 0.15) is 40.0 Å². The fourth-order valence-corrected chi connectivity index (χ4v) is 3.23. The Morgan fingerprint density at radius 3 is 2.05 bits per heavy atom. The lowest BCUT2D eigenvalue weighted by molar-refractivity contribution is -0.103. The second kappa shape index (κ2) is 6.04. The van der Waals surface area contributed by atoms with Gasteiger partial charge in [-0.25, -0.2) is 14.4 Å². The van der Waals surface area contributed by atoms with E-state index >= 15 is 0 Å². The smallest absolute Gasteiger partial charge is 0.237 e. The Morgan fingerprint density at radius 2 is 1.55 bits per heavy atom. The van der Waals surface area contributed by atoms with Gasteiger partial charge in [0, 0.05) is 6.42 Å². The van der Waals surface area contributed by atoms with E-state index in [-0.39, 0.29) is 18.6 Å². The van der Waals surface area contributed by atoms with Crippen molar-refractivity contribution >= 4 is 18.2 Å². The van der Waals surface area contributed by atoms with E-state index in [1.54, 1.807) is 0 Å². The summed E-state index contributed by atoms with van der Waals surface area (Å²) in [5.74, 6) is 0. The van der Waals surface area contributed by atoms with Gasteiger partial charge < -0.3 is 4.74 Å². The van der Waals surface area contributed by atoms with Crippen molar-refractivity contribution in [2.24, 2.45) is 20.4 Å². The van der Waals surface area contributed by atoms with E-state index in [0.29, 0.717) is 12.8 Å². The second-order valence-corrected chi connectivity index (χ2v) is 6.06. The van der Waals surface area contributed by atoms with Gasteiger partial charge in [0.15, 0.2) is 12.4 Å². The van der Waals surface area contributed by atoms with Crippen LogP contribution in [-0.4, -0.2) is 36.2 Å². The van der Waals surface area contributed by atoms with Crippen molar-refractivity contribution in [1.29, 1.82) is 0 Å². The van der Waals surface area contributed by atoms with Crippen LogP contribution < -0.4 is 0 Å². The molecule has 0 aromatic rings. The molecule has 0 aromatic carbocycles. The van der Waals surface area contributed by atoms with Crippen molar-refractivity contribution in [3.8, 4) is 0 Å². The van der Waals surface area contributed by atoms with Gasteiger partial charge >= 0.3 is 0 Å². The number of isocyanates is 3. The van der Waals surface area contributed by atoms with Crippen LogP contribution in [0, 0.1) is 5.41 Å². The summed E-state index contributed by atoms with van der Waals surface area (Å²) in [6.45, 7) is 5.60. The Morgan fingerprint density at radius 1 is 0.950 bits per heavy atom. The minimum absolute atomic E-state index is 0.137. The second-order valence-electron chi connectivity index (χ2n) is 6.06. The molecule has 0 amide bonds. The topological polar surface area (TPSA) is 97.5 Å². The van der Waals surface area contributed by atoms with E-state index in [1.807, 2.05) is 20.8 Å². The Kier molecular flexibility index (Phi) is 4.88. The van der Waals surface area contributed by atoms with Crippen molar-refractivity contribution in [3.63, 3.8) is 0 Å². The van der Waals surface area contributed by atoms with E-state index in [1.165, 1.54) is 18.2 Å². The molecule has 1 aliphatic carbocycles. The van der Waals surface area contributed by atoms with Gasteiger partial charge in [0.25, 0.3) is 0 Å². The van der Waals surface area contributed by atoms with Crippen LogP contribution in [0.5, 0.6) is 0 Å². The molecule has 0 bridgehead atoms. The van der Waals surface area contributed by atoms with Crippen molar-refractivity contribution in [2.45, 2.75) is 51.3 Å². The third-order valence-corrected chi connectivity index (χ3v) is 3.32. The molecule has 0 heterocycles. The first-order chi connectivity index (χ1) is 9.30. The molecule has 0 aromatic heterocycles. The van der Waals surface area contributed by atoms with E-state index in [9.17, 15) is 14.4 Å². The molecule has 0 radical (unpaired) electrons. The normalized spacial score (nSPS) is 31.4. The van der Waals surface area contributed by atoms with Crippen LogP contribution in [-0.2, 0) is 19.1 Å². The lowest BCUT2D eigenvalue weighted by atomic mass is 9.65. The molecule has 1 fully saturated rings. The van der Waals surface area contributed by atoms with E-state index in [4.69, 9.17) is 4.74 Å². The molecule has 108 valence electrons. The SMILES string of the molecule is CC1(C)CC(N=C=O)(N=C=O)CC(C)(OCN=C=O)C1. The molecule has 1 aliphatic rings. The molecule has 0 N–H and O–H groups in total. The maximum absolute atomic E-state index is 10.6. The summed E-state index contributed by atoms with van der Waals surface area (Å²) in [6.07, 6.45) is 5.62. The third kappa shape index (κ3) is 4.05. The van der Waals surface area contributed by atoms with Crippen LogP contribution in [0.2, 0.25) is 0 Å². The maximum Gasteiger partial charge on any atom is 0.237 e. The van der Waals surface area contributed by atoms with Gasteiger partial charge in [0.2, 0.25) is 18.2 Å². The average molecular weight is 279 g/mol. The number of carbonyl (C=O) groups excluding carboxylic acids is 3. The van der Waals surface area contributed by atoms with Gasteiger partial charge in [-0.2, -0.15) is 15.0 Å². The summed E-state index contributed by atoms with van der Waals surface area (Å²) >= 11 is 0. The van der Waals surface area contributed by atoms with Crippen LogP contribution >= 0.6 is 0 Å². The Bertz CT molecular complexity index is 494. The quantitative estimate of drug-likeness (QED) is 0.564.